The number of nitro groups is 1. The van der Waals surface area contributed by atoms with E-state index < -0.39 is 4.92 Å². The lowest BCUT2D eigenvalue weighted by Gasteiger charge is -2.32. The zero-order chi connectivity index (χ0) is 14.5. The Labute approximate surface area is 116 Å². The van der Waals surface area contributed by atoms with Crippen LogP contribution in [-0.2, 0) is 11.3 Å². The first-order valence-electron chi connectivity index (χ1n) is 6.45. The van der Waals surface area contributed by atoms with Crippen LogP contribution in [-0.4, -0.2) is 41.6 Å². The lowest BCUT2D eigenvalue weighted by atomic mass is 10.2. The maximum atomic E-state index is 11.9. The van der Waals surface area contributed by atoms with E-state index in [0.717, 1.165) is 18.7 Å². The number of benzene rings is 1. The molecule has 2 rings (SSSR count). The Hall–Kier alpha value is -2.15. The van der Waals surface area contributed by atoms with Crippen molar-refractivity contribution in [1.82, 2.24) is 10.2 Å². The summed E-state index contributed by atoms with van der Waals surface area (Å²) >= 11 is 0. The highest BCUT2D eigenvalue weighted by Gasteiger charge is 2.24. The molecule has 1 N–H and O–H groups in total. The summed E-state index contributed by atoms with van der Waals surface area (Å²) in [5, 5.41) is 13.7. The van der Waals surface area contributed by atoms with Crippen LogP contribution >= 0.6 is 0 Å². The number of carbonyl (C=O) groups is 1. The van der Waals surface area contributed by atoms with Gasteiger partial charge in [0.25, 0.3) is 5.69 Å². The number of hydrogen-bond acceptors (Lipinski definition) is 5. The van der Waals surface area contributed by atoms with Gasteiger partial charge in [-0.1, -0.05) is 0 Å². The van der Waals surface area contributed by atoms with Gasteiger partial charge in [0.1, 0.15) is 6.61 Å². The Bertz CT molecular complexity index is 489. The standard InChI is InChI=1S/C13H17N3O4/c1-10-8-14-6-7-15(10)13(17)20-9-11-2-4-12(5-3-11)16(18)19/h2-5,10,14H,6-9H2,1H3/t10-/m1/s1. The van der Waals surface area contributed by atoms with Gasteiger partial charge in [-0.3, -0.25) is 10.1 Å². The minimum Gasteiger partial charge on any atom is -0.445 e. The number of ether oxygens (including phenoxy) is 1. The number of nitrogens with zero attached hydrogens (tertiary/aromatic N) is 2. The summed E-state index contributed by atoms with van der Waals surface area (Å²) in [7, 11) is 0. The minimum absolute atomic E-state index is 0.0239. The molecule has 0 bridgehead atoms. The van der Waals surface area contributed by atoms with E-state index in [4.69, 9.17) is 4.74 Å². The number of carbonyl (C=O) groups excluding carboxylic acids is 1. The fourth-order valence-electron chi connectivity index (χ4n) is 2.05. The number of nitrogens with one attached hydrogen (secondary N) is 1. The van der Waals surface area contributed by atoms with Gasteiger partial charge in [-0.05, 0) is 24.6 Å². The third kappa shape index (κ3) is 3.45. The largest absolute Gasteiger partial charge is 0.445 e. The van der Waals surface area contributed by atoms with Crippen LogP contribution in [0.1, 0.15) is 12.5 Å². The Kier molecular flexibility index (Phi) is 4.52. The topological polar surface area (TPSA) is 84.7 Å². The summed E-state index contributed by atoms with van der Waals surface area (Å²) in [6, 6.07) is 6.08. The maximum absolute atomic E-state index is 11.9. The monoisotopic (exact) mass is 279 g/mol. The highest BCUT2D eigenvalue weighted by Crippen LogP contribution is 2.13. The second kappa shape index (κ2) is 6.33. The molecule has 7 nitrogen and oxygen atoms in total. The van der Waals surface area contributed by atoms with Crippen LogP contribution < -0.4 is 5.32 Å². The Balaban J connectivity index is 1.88. The van der Waals surface area contributed by atoms with Crippen molar-refractivity contribution in [1.29, 1.82) is 0 Å². The zero-order valence-electron chi connectivity index (χ0n) is 11.2. The van der Waals surface area contributed by atoms with Gasteiger partial charge in [-0.15, -0.1) is 0 Å². The van der Waals surface area contributed by atoms with Gasteiger partial charge in [0.05, 0.1) is 4.92 Å². The molecule has 0 aliphatic carbocycles. The highest BCUT2D eigenvalue weighted by atomic mass is 16.6. The van der Waals surface area contributed by atoms with Gasteiger partial charge in [0, 0.05) is 37.8 Å². The molecule has 0 saturated carbocycles. The van der Waals surface area contributed by atoms with E-state index in [0.29, 0.717) is 6.54 Å². The highest BCUT2D eigenvalue weighted by molar-refractivity contribution is 5.68. The molecule has 1 saturated heterocycles. The molecule has 7 heteroatoms. The summed E-state index contributed by atoms with van der Waals surface area (Å²) in [5.74, 6) is 0. The van der Waals surface area contributed by atoms with Crippen molar-refractivity contribution in [2.45, 2.75) is 19.6 Å². The number of hydrogen-bond donors (Lipinski definition) is 1. The van der Waals surface area contributed by atoms with Crippen molar-refractivity contribution in [3.63, 3.8) is 0 Å². The predicted octanol–water partition coefficient (Wildman–Crippen LogP) is 1.53. The van der Waals surface area contributed by atoms with E-state index >= 15 is 0 Å². The van der Waals surface area contributed by atoms with Crippen LogP contribution in [0.25, 0.3) is 0 Å². The van der Waals surface area contributed by atoms with Gasteiger partial charge in [0.2, 0.25) is 0 Å². The summed E-state index contributed by atoms with van der Waals surface area (Å²) in [6.07, 6.45) is -0.350. The third-order valence-corrected chi connectivity index (χ3v) is 3.25. The fraction of sp³-hybridized carbons (Fsp3) is 0.462. The molecule has 1 aromatic carbocycles. The number of rotatable bonds is 3. The molecule has 0 aromatic heterocycles. The van der Waals surface area contributed by atoms with Crippen molar-refractivity contribution in [3.05, 3.63) is 39.9 Å². The van der Waals surface area contributed by atoms with Crippen molar-refractivity contribution in [2.24, 2.45) is 0 Å². The first kappa shape index (κ1) is 14.3. The average molecular weight is 279 g/mol. The first-order valence-corrected chi connectivity index (χ1v) is 6.45. The van der Waals surface area contributed by atoms with Crippen molar-refractivity contribution < 1.29 is 14.5 Å². The Morgan fingerprint density at radius 1 is 1.50 bits per heavy atom. The molecule has 0 unspecified atom stereocenters. The predicted molar refractivity (Wildman–Crippen MR) is 72.3 cm³/mol. The molecule has 1 atom stereocenters. The summed E-state index contributed by atoms with van der Waals surface area (Å²) in [4.78, 5) is 23.7. The van der Waals surface area contributed by atoms with Crippen LogP contribution in [0.2, 0.25) is 0 Å². The summed E-state index contributed by atoms with van der Waals surface area (Å²) in [5.41, 5.74) is 0.752. The molecule has 1 fully saturated rings. The molecule has 1 aliphatic heterocycles. The number of nitro benzene ring substituents is 1. The molecule has 1 amide bonds. The van der Waals surface area contributed by atoms with Crippen molar-refractivity contribution in [2.75, 3.05) is 19.6 Å². The molecule has 1 aliphatic rings. The van der Waals surface area contributed by atoms with Crippen LogP contribution in [0.4, 0.5) is 10.5 Å². The van der Waals surface area contributed by atoms with Crippen molar-refractivity contribution in [3.8, 4) is 0 Å². The van der Waals surface area contributed by atoms with Crippen LogP contribution in [0.15, 0.2) is 24.3 Å². The van der Waals surface area contributed by atoms with E-state index in [1.807, 2.05) is 6.92 Å². The second-order valence-electron chi connectivity index (χ2n) is 4.72. The van der Waals surface area contributed by atoms with Gasteiger partial charge < -0.3 is 15.0 Å². The lowest BCUT2D eigenvalue weighted by Crippen LogP contribution is -2.52. The molecule has 108 valence electrons. The van der Waals surface area contributed by atoms with Gasteiger partial charge in [-0.25, -0.2) is 4.79 Å². The van der Waals surface area contributed by atoms with E-state index in [1.165, 1.54) is 12.1 Å². The maximum Gasteiger partial charge on any atom is 0.410 e. The first-order chi connectivity index (χ1) is 9.58. The van der Waals surface area contributed by atoms with Crippen LogP contribution in [0.5, 0.6) is 0 Å². The van der Waals surface area contributed by atoms with Crippen LogP contribution in [0.3, 0.4) is 0 Å². The van der Waals surface area contributed by atoms with Crippen LogP contribution in [0, 0.1) is 10.1 Å². The molecule has 1 heterocycles. The van der Waals surface area contributed by atoms with Gasteiger partial charge in [0.15, 0.2) is 0 Å². The molecule has 0 spiro atoms. The molecule has 20 heavy (non-hydrogen) atoms. The summed E-state index contributed by atoms with van der Waals surface area (Å²) < 4.78 is 5.23. The van der Waals surface area contributed by atoms with E-state index in [1.54, 1.807) is 17.0 Å². The smallest absolute Gasteiger partial charge is 0.410 e. The van der Waals surface area contributed by atoms with E-state index in [2.05, 4.69) is 5.32 Å². The minimum atomic E-state index is -0.460. The summed E-state index contributed by atoms with van der Waals surface area (Å²) in [6.45, 7) is 4.22. The Morgan fingerprint density at radius 3 is 2.80 bits per heavy atom. The molecular formula is C13H17N3O4. The normalized spacial score (nSPS) is 18.6. The second-order valence-corrected chi connectivity index (χ2v) is 4.72. The quantitative estimate of drug-likeness (QED) is 0.670. The Morgan fingerprint density at radius 2 is 2.20 bits per heavy atom. The SMILES string of the molecule is C[C@@H]1CNCCN1C(=O)OCc1ccc([N+](=O)[O-])cc1. The van der Waals surface area contributed by atoms with E-state index in [9.17, 15) is 14.9 Å². The number of piperazine rings is 1. The molecule has 0 radical (unpaired) electrons. The lowest BCUT2D eigenvalue weighted by molar-refractivity contribution is -0.384. The van der Waals surface area contributed by atoms with Gasteiger partial charge >= 0.3 is 6.09 Å². The average Bonchev–Trinajstić information content (AvgIpc) is 2.45. The zero-order valence-corrected chi connectivity index (χ0v) is 11.2. The van der Waals surface area contributed by atoms with Gasteiger partial charge in [-0.2, -0.15) is 0 Å². The number of non-ortho nitro benzene ring substituents is 1. The number of amides is 1. The van der Waals surface area contributed by atoms with Crippen molar-refractivity contribution >= 4 is 11.8 Å². The molecular weight excluding hydrogens is 262 g/mol. The molecule has 1 aromatic rings. The fourth-order valence-corrected chi connectivity index (χ4v) is 2.05. The third-order valence-electron chi connectivity index (χ3n) is 3.25. The van der Waals surface area contributed by atoms with E-state index in [-0.39, 0.29) is 24.4 Å².